The number of amides is 1. The summed E-state index contributed by atoms with van der Waals surface area (Å²) in [7, 11) is 1.77. The van der Waals surface area contributed by atoms with Gasteiger partial charge in [0.05, 0.1) is 23.3 Å². The van der Waals surface area contributed by atoms with Crippen LogP contribution in [0.3, 0.4) is 0 Å². The Morgan fingerprint density at radius 1 is 1.13 bits per heavy atom. The molecule has 30 heavy (non-hydrogen) atoms. The Labute approximate surface area is 182 Å². The van der Waals surface area contributed by atoms with Gasteiger partial charge in [-0.2, -0.15) is 9.78 Å². The molecule has 8 nitrogen and oxygen atoms in total. The second-order valence-electron chi connectivity index (χ2n) is 6.52. The summed E-state index contributed by atoms with van der Waals surface area (Å²) in [6.45, 7) is 0.464. The molecule has 152 valence electrons. The number of para-hydroxylation sites is 1. The summed E-state index contributed by atoms with van der Waals surface area (Å²) in [4.78, 5) is 14.3. The molecule has 0 aliphatic heterocycles. The molecule has 0 radical (unpaired) electrons. The van der Waals surface area contributed by atoms with Gasteiger partial charge in [0.25, 0.3) is 0 Å². The van der Waals surface area contributed by atoms with Gasteiger partial charge in [0.2, 0.25) is 11.1 Å². The molecular formula is C20H18ClN7OS. The molecule has 0 atom stereocenters. The zero-order valence-electron chi connectivity index (χ0n) is 16.1. The maximum absolute atomic E-state index is 12.6. The number of rotatable bonds is 7. The van der Waals surface area contributed by atoms with Gasteiger partial charge in [0.15, 0.2) is 0 Å². The van der Waals surface area contributed by atoms with Crippen molar-refractivity contribution in [3.05, 3.63) is 77.6 Å². The zero-order chi connectivity index (χ0) is 20.9. The van der Waals surface area contributed by atoms with Crippen LogP contribution in [0.25, 0.3) is 11.4 Å². The van der Waals surface area contributed by atoms with Gasteiger partial charge >= 0.3 is 0 Å². The standard InChI is InChI=1S/C20H18ClN7OS/c1-26(12-15-11-22-27(13-15)17-7-3-2-4-8-17)19(29)14-30-20-23-24-25-28(20)18-9-5-6-16(21)10-18/h2-11,13H,12,14H2,1H3. The Hall–Kier alpha value is -3.17. The summed E-state index contributed by atoms with van der Waals surface area (Å²) in [6.07, 6.45) is 3.69. The molecule has 0 bridgehead atoms. The number of benzene rings is 2. The van der Waals surface area contributed by atoms with E-state index in [1.807, 2.05) is 48.7 Å². The fourth-order valence-corrected chi connectivity index (χ4v) is 3.82. The first-order valence-electron chi connectivity index (χ1n) is 9.10. The number of aromatic nitrogens is 6. The maximum Gasteiger partial charge on any atom is 0.233 e. The molecular weight excluding hydrogens is 422 g/mol. The number of thioether (sulfide) groups is 1. The molecule has 2 aromatic heterocycles. The first kappa shape index (κ1) is 20.1. The van der Waals surface area contributed by atoms with E-state index >= 15 is 0 Å². The molecule has 0 saturated carbocycles. The molecule has 0 spiro atoms. The van der Waals surface area contributed by atoms with E-state index in [4.69, 9.17) is 11.6 Å². The van der Waals surface area contributed by atoms with Crippen molar-refractivity contribution in [1.82, 2.24) is 34.9 Å². The van der Waals surface area contributed by atoms with Crippen molar-refractivity contribution in [2.75, 3.05) is 12.8 Å². The average molecular weight is 440 g/mol. The van der Waals surface area contributed by atoms with Crippen molar-refractivity contribution in [1.29, 1.82) is 0 Å². The van der Waals surface area contributed by atoms with Gasteiger partial charge in [-0.1, -0.05) is 47.6 Å². The van der Waals surface area contributed by atoms with Crippen LogP contribution in [-0.4, -0.2) is 53.6 Å². The van der Waals surface area contributed by atoms with Gasteiger partial charge in [0, 0.05) is 30.4 Å². The van der Waals surface area contributed by atoms with Crippen molar-refractivity contribution in [3.63, 3.8) is 0 Å². The summed E-state index contributed by atoms with van der Waals surface area (Å²) in [5, 5.41) is 17.2. The van der Waals surface area contributed by atoms with Crippen molar-refractivity contribution < 1.29 is 4.79 Å². The Morgan fingerprint density at radius 3 is 2.73 bits per heavy atom. The quantitative estimate of drug-likeness (QED) is 0.411. The monoisotopic (exact) mass is 439 g/mol. The lowest BCUT2D eigenvalue weighted by molar-refractivity contribution is -0.127. The van der Waals surface area contributed by atoms with Gasteiger partial charge in [-0.3, -0.25) is 4.79 Å². The molecule has 2 aromatic carbocycles. The van der Waals surface area contributed by atoms with E-state index in [0.717, 1.165) is 16.9 Å². The summed E-state index contributed by atoms with van der Waals surface area (Å²) in [5.41, 5.74) is 2.66. The minimum absolute atomic E-state index is 0.0342. The van der Waals surface area contributed by atoms with E-state index in [1.54, 1.807) is 39.6 Å². The molecule has 2 heterocycles. The van der Waals surface area contributed by atoms with E-state index < -0.39 is 0 Å². The minimum atomic E-state index is -0.0342. The third-order valence-electron chi connectivity index (χ3n) is 4.32. The summed E-state index contributed by atoms with van der Waals surface area (Å²) >= 11 is 7.32. The lowest BCUT2D eigenvalue weighted by atomic mass is 10.3. The van der Waals surface area contributed by atoms with Crippen LogP contribution in [-0.2, 0) is 11.3 Å². The first-order chi connectivity index (χ1) is 14.6. The molecule has 1 amide bonds. The van der Waals surface area contributed by atoms with Crippen LogP contribution in [0.5, 0.6) is 0 Å². The molecule has 0 N–H and O–H groups in total. The van der Waals surface area contributed by atoms with Crippen LogP contribution < -0.4 is 0 Å². The Kier molecular flexibility index (Phi) is 6.10. The number of carbonyl (C=O) groups excluding carboxylic acids is 1. The number of tetrazole rings is 1. The van der Waals surface area contributed by atoms with Crippen molar-refractivity contribution in [3.8, 4) is 11.4 Å². The van der Waals surface area contributed by atoms with Gasteiger partial charge in [-0.05, 0) is 40.8 Å². The second-order valence-corrected chi connectivity index (χ2v) is 7.90. The average Bonchev–Trinajstić information content (AvgIpc) is 3.42. The van der Waals surface area contributed by atoms with Crippen LogP contribution in [0.15, 0.2) is 72.1 Å². The van der Waals surface area contributed by atoms with E-state index in [9.17, 15) is 4.79 Å². The van der Waals surface area contributed by atoms with Crippen LogP contribution in [0, 0.1) is 0 Å². The Balaban J connectivity index is 1.36. The maximum atomic E-state index is 12.6. The Bertz CT molecular complexity index is 1140. The SMILES string of the molecule is CN(Cc1cnn(-c2ccccc2)c1)C(=O)CSc1nnnn1-c1cccc(Cl)c1. The predicted octanol–water partition coefficient (Wildman–Crippen LogP) is 3.25. The molecule has 0 aliphatic carbocycles. The minimum Gasteiger partial charge on any atom is -0.341 e. The zero-order valence-corrected chi connectivity index (χ0v) is 17.7. The summed E-state index contributed by atoms with van der Waals surface area (Å²) in [6, 6.07) is 17.1. The van der Waals surface area contributed by atoms with Gasteiger partial charge in [-0.25, -0.2) is 4.68 Å². The second kappa shape index (κ2) is 9.10. The summed E-state index contributed by atoms with van der Waals surface area (Å²) < 4.78 is 3.36. The van der Waals surface area contributed by atoms with Crippen molar-refractivity contribution in [2.45, 2.75) is 11.7 Å². The highest BCUT2D eigenvalue weighted by Crippen LogP contribution is 2.21. The molecule has 0 fully saturated rings. The molecule has 4 rings (SSSR count). The lowest BCUT2D eigenvalue weighted by Crippen LogP contribution is -2.27. The molecule has 10 heteroatoms. The molecule has 0 unspecified atom stereocenters. The fraction of sp³-hybridized carbons (Fsp3) is 0.150. The number of nitrogens with zero attached hydrogens (tertiary/aromatic N) is 7. The first-order valence-corrected chi connectivity index (χ1v) is 10.5. The molecule has 0 saturated heterocycles. The van der Waals surface area contributed by atoms with Crippen molar-refractivity contribution in [2.24, 2.45) is 0 Å². The van der Waals surface area contributed by atoms with Crippen LogP contribution in [0.4, 0.5) is 0 Å². The van der Waals surface area contributed by atoms with E-state index in [2.05, 4.69) is 20.6 Å². The normalized spacial score (nSPS) is 10.9. The van der Waals surface area contributed by atoms with E-state index in [-0.39, 0.29) is 11.7 Å². The third-order valence-corrected chi connectivity index (χ3v) is 5.46. The van der Waals surface area contributed by atoms with Crippen molar-refractivity contribution >= 4 is 29.3 Å². The fourth-order valence-electron chi connectivity index (χ4n) is 2.80. The van der Waals surface area contributed by atoms with Crippen LogP contribution in [0.2, 0.25) is 5.02 Å². The van der Waals surface area contributed by atoms with Gasteiger partial charge in [0.1, 0.15) is 0 Å². The van der Waals surface area contributed by atoms with Gasteiger partial charge in [-0.15, -0.1) is 5.10 Å². The molecule has 0 aliphatic rings. The third kappa shape index (κ3) is 4.69. The number of carbonyl (C=O) groups is 1. The number of hydrogen-bond acceptors (Lipinski definition) is 6. The highest BCUT2D eigenvalue weighted by molar-refractivity contribution is 7.99. The van der Waals surface area contributed by atoms with Gasteiger partial charge < -0.3 is 4.90 Å². The highest BCUT2D eigenvalue weighted by Gasteiger charge is 2.15. The van der Waals surface area contributed by atoms with E-state index in [1.165, 1.54) is 11.8 Å². The summed E-state index contributed by atoms with van der Waals surface area (Å²) in [5.74, 6) is 0.178. The molecule has 4 aromatic rings. The lowest BCUT2D eigenvalue weighted by Gasteiger charge is -2.15. The topological polar surface area (TPSA) is 81.7 Å². The smallest absolute Gasteiger partial charge is 0.233 e. The van der Waals surface area contributed by atoms with E-state index in [0.29, 0.717) is 16.7 Å². The largest absolute Gasteiger partial charge is 0.341 e. The Morgan fingerprint density at radius 2 is 1.93 bits per heavy atom. The number of halogens is 1. The predicted molar refractivity (Wildman–Crippen MR) is 115 cm³/mol. The highest BCUT2D eigenvalue weighted by atomic mass is 35.5. The number of hydrogen-bond donors (Lipinski definition) is 0. The van der Waals surface area contributed by atoms with Crippen LogP contribution in [0.1, 0.15) is 5.56 Å². The van der Waals surface area contributed by atoms with Crippen LogP contribution >= 0.6 is 23.4 Å².